The first kappa shape index (κ1) is 16.8. The van der Waals surface area contributed by atoms with Gasteiger partial charge in [0.2, 0.25) is 5.91 Å². The fraction of sp³-hybridized carbons (Fsp3) is 0.400. The normalized spacial score (nSPS) is 10.3. The maximum absolute atomic E-state index is 11.9. The maximum Gasteiger partial charge on any atom is 0.320 e. The Kier molecular flexibility index (Phi) is 6.55. The van der Waals surface area contributed by atoms with Crippen molar-refractivity contribution in [1.29, 1.82) is 0 Å². The highest BCUT2D eigenvalue weighted by Crippen LogP contribution is 2.11. The van der Waals surface area contributed by atoms with Crippen LogP contribution in [0.25, 0.3) is 0 Å². The van der Waals surface area contributed by atoms with E-state index in [0.29, 0.717) is 17.9 Å². The molecular weight excluding hydrogens is 272 g/mol. The minimum Gasteiger partial charge on any atom is -0.465 e. The number of anilines is 1. The number of carbonyl (C=O) groups is 3. The van der Waals surface area contributed by atoms with Gasteiger partial charge < -0.3 is 10.1 Å². The van der Waals surface area contributed by atoms with Crippen LogP contribution in [0.15, 0.2) is 24.3 Å². The molecule has 1 rings (SSSR count). The lowest BCUT2D eigenvalue weighted by Crippen LogP contribution is -2.34. The molecule has 0 saturated heterocycles. The zero-order valence-electron chi connectivity index (χ0n) is 12.5. The number of nitrogens with zero attached hydrogens (tertiary/aromatic N) is 1. The van der Waals surface area contributed by atoms with Gasteiger partial charge in [0.1, 0.15) is 0 Å². The first-order valence-corrected chi connectivity index (χ1v) is 6.67. The summed E-state index contributed by atoms with van der Waals surface area (Å²) in [4.78, 5) is 36.0. The highest BCUT2D eigenvalue weighted by Gasteiger charge is 2.11. The second-order valence-electron chi connectivity index (χ2n) is 4.66. The number of likely N-dealkylation sites (N-methyl/N-ethyl adjacent to an activating group) is 1. The van der Waals surface area contributed by atoms with E-state index in [4.69, 9.17) is 4.74 Å². The predicted octanol–water partition coefficient (Wildman–Crippen LogP) is 1.32. The van der Waals surface area contributed by atoms with E-state index in [9.17, 15) is 14.4 Å². The Hall–Kier alpha value is -2.21. The Labute approximate surface area is 124 Å². The molecule has 0 aliphatic heterocycles. The third-order valence-corrected chi connectivity index (χ3v) is 2.67. The summed E-state index contributed by atoms with van der Waals surface area (Å²) in [6.07, 6.45) is 0. The molecule has 0 radical (unpaired) electrons. The molecule has 1 N–H and O–H groups in total. The van der Waals surface area contributed by atoms with Crippen LogP contribution in [0.2, 0.25) is 0 Å². The first-order valence-electron chi connectivity index (χ1n) is 6.67. The number of ether oxygens (including phenoxy) is 1. The van der Waals surface area contributed by atoms with Crippen molar-refractivity contribution in [3.63, 3.8) is 0 Å². The summed E-state index contributed by atoms with van der Waals surface area (Å²) in [6, 6.07) is 6.71. The lowest BCUT2D eigenvalue weighted by molar-refractivity contribution is -0.144. The second-order valence-corrected chi connectivity index (χ2v) is 4.66. The standard InChI is InChI=1S/C15H20N2O4/c1-4-21-15(20)10-17(3)9-14(19)16-13-7-5-6-12(8-13)11(2)18/h5-8H,4,9-10H2,1-3H3,(H,16,19). The Morgan fingerprint density at radius 3 is 2.57 bits per heavy atom. The average Bonchev–Trinajstić information content (AvgIpc) is 2.38. The predicted molar refractivity (Wildman–Crippen MR) is 79.2 cm³/mol. The molecule has 0 spiro atoms. The Bertz CT molecular complexity index is 528. The summed E-state index contributed by atoms with van der Waals surface area (Å²) in [7, 11) is 1.66. The number of amides is 1. The summed E-state index contributed by atoms with van der Waals surface area (Å²) >= 11 is 0. The Morgan fingerprint density at radius 1 is 1.24 bits per heavy atom. The van der Waals surface area contributed by atoms with Gasteiger partial charge in [-0.1, -0.05) is 12.1 Å². The molecule has 1 aromatic carbocycles. The van der Waals surface area contributed by atoms with Crippen LogP contribution in [-0.4, -0.2) is 49.3 Å². The fourth-order valence-corrected chi connectivity index (χ4v) is 1.74. The molecule has 0 saturated carbocycles. The van der Waals surface area contributed by atoms with Gasteiger partial charge in [-0.25, -0.2) is 0 Å². The van der Waals surface area contributed by atoms with E-state index in [-0.39, 0.29) is 30.7 Å². The van der Waals surface area contributed by atoms with Crippen LogP contribution in [0.3, 0.4) is 0 Å². The number of hydrogen-bond acceptors (Lipinski definition) is 5. The second kappa shape index (κ2) is 8.16. The van der Waals surface area contributed by atoms with Crippen molar-refractivity contribution in [2.24, 2.45) is 0 Å². The maximum atomic E-state index is 11.9. The molecule has 1 amide bonds. The quantitative estimate of drug-likeness (QED) is 0.606. The number of ketones is 1. The lowest BCUT2D eigenvalue weighted by atomic mass is 10.1. The SMILES string of the molecule is CCOC(=O)CN(C)CC(=O)Nc1cccc(C(C)=O)c1. The Morgan fingerprint density at radius 2 is 1.95 bits per heavy atom. The van der Waals surface area contributed by atoms with Crippen molar-refractivity contribution in [3.8, 4) is 0 Å². The molecule has 0 heterocycles. The molecule has 21 heavy (non-hydrogen) atoms. The van der Waals surface area contributed by atoms with E-state index in [1.807, 2.05) is 0 Å². The van der Waals surface area contributed by atoms with Crippen molar-refractivity contribution in [2.75, 3.05) is 32.1 Å². The van der Waals surface area contributed by atoms with Crippen molar-refractivity contribution in [2.45, 2.75) is 13.8 Å². The molecule has 0 aliphatic rings. The topological polar surface area (TPSA) is 75.7 Å². The van der Waals surface area contributed by atoms with Crippen LogP contribution < -0.4 is 5.32 Å². The van der Waals surface area contributed by atoms with Crippen LogP contribution in [0, 0.1) is 0 Å². The van der Waals surface area contributed by atoms with E-state index in [0.717, 1.165) is 0 Å². The number of nitrogens with one attached hydrogen (secondary N) is 1. The largest absolute Gasteiger partial charge is 0.465 e. The molecule has 6 heteroatoms. The van der Waals surface area contributed by atoms with Gasteiger partial charge in [-0.05, 0) is 33.0 Å². The summed E-state index contributed by atoms with van der Waals surface area (Å²) in [5.74, 6) is -0.695. The third-order valence-electron chi connectivity index (χ3n) is 2.67. The molecule has 0 aromatic heterocycles. The number of rotatable bonds is 7. The van der Waals surface area contributed by atoms with Gasteiger partial charge in [-0.2, -0.15) is 0 Å². The van der Waals surface area contributed by atoms with Crippen molar-refractivity contribution in [3.05, 3.63) is 29.8 Å². The highest BCUT2D eigenvalue weighted by atomic mass is 16.5. The molecule has 0 fully saturated rings. The zero-order chi connectivity index (χ0) is 15.8. The van der Waals surface area contributed by atoms with Crippen LogP contribution >= 0.6 is 0 Å². The molecule has 0 unspecified atom stereocenters. The van der Waals surface area contributed by atoms with Crippen molar-refractivity contribution in [1.82, 2.24) is 4.90 Å². The molecule has 0 bridgehead atoms. The van der Waals surface area contributed by atoms with E-state index in [1.54, 1.807) is 43.1 Å². The van der Waals surface area contributed by atoms with Crippen molar-refractivity contribution >= 4 is 23.3 Å². The molecular formula is C15H20N2O4. The number of carbonyl (C=O) groups excluding carboxylic acids is 3. The zero-order valence-corrected chi connectivity index (χ0v) is 12.5. The molecule has 0 atom stereocenters. The lowest BCUT2D eigenvalue weighted by Gasteiger charge is -2.15. The van der Waals surface area contributed by atoms with E-state index < -0.39 is 0 Å². The van der Waals surface area contributed by atoms with Gasteiger partial charge in [0.15, 0.2) is 5.78 Å². The number of esters is 1. The van der Waals surface area contributed by atoms with E-state index in [2.05, 4.69) is 5.32 Å². The fourth-order valence-electron chi connectivity index (χ4n) is 1.74. The van der Waals surface area contributed by atoms with Gasteiger partial charge in [0.05, 0.1) is 19.7 Å². The minimum absolute atomic E-state index is 0.0503. The third kappa shape index (κ3) is 6.18. The van der Waals surface area contributed by atoms with Gasteiger partial charge in [0.25, 0.3) is 0 Å². The molecule has 6 nitrogen and oxygen atoms in total. The first-order chi connectivity index (χ1) is 9.92. The van der Waals surface area contributed by atoms with Crippen molar-refractivity contribution < 1.29 is 19.1 Å². The average molecular weight is 292 g/mol. The van der Waals surface area contributed by atoms with Gasteiger partial charge in [-0.15, -0.1) is 0 Å². The Balaban J connectivity index is 2.51. The van der Waals surface area contributed by atoms with E-state index >= 15 is 0 Å². The monoisotopic (exact) mass is 292 g/mol. The van der Waals surface area contributed by atoms with Crippen LogP contribution in [0.4, 0.5) is 5.69 Å². The van der Waals surface area contributed by atoms with Gasteiger partial charge in [0, 0.05) is 11.3 Å². The number of benzene rings is 1. The highest BCUT2D eigenvalue weighted by molar-refractivity contribution is 5.97. The summed E-state index contributed by atoms with van der Waals surface area (Å²) in [5.41, 5.74) is 1.09. The molecule has 0 aliphatic carbocycles. The number of hydrogen-bond donors (Lipinski definition) is 1. The summed E-state index contributed by atoms with van der Waals surface area (Å²) < 4.78 is 4.80. The molecule has 114 valence electrons. The summed E-state index contributed by atoms with van der Waals surface area (Å²) in [5, 5.41) is 2.69. The summed E-state index contributed by atoms with van der Waals surface area (Å²) in [6.45, 7) is 3.62. The van der Waals surface area contributed by atoms with E-state index in [1.165, 1.54) is 6.92 Å². The van der Waals surface area contributed by atoms with Gasteiger partial charge in [-0.3, -0.25) is 19.3 Å². The minimum atomic E-state index is -0.369. The molecule has 1 aromatic rings. The number of Topliss-reactive ketones (excluding diaryl/α,β-unsaturated/α-hetero) is 1. The smallest absolute Gasteiger partial charge is 0.320 e. The van der Waals surface area contributed by atoms with Crippen LogP contribution in [-0.2, 0) is 14.3 Å². The van der Waals surface area contributed by atoms with Crippen LogP contribution in [0.1, 0.15) is 24.2 Å². The van der Waals surface area contributed by atoms with Crippen LogP contribution in [0.5, 0.6) is 0 Å². The van der Waals surface area contributed by atoms with Gasteiger partial charge >= 0.3 is 5.97 Å².